The minimum Gasteiger partial charge on any atom is -0.305 e. The van der Waals surface area contributed by atoms with Gasteiger partial charge in [-0.15, -0.1) is 0 Å². The Bertz CT molecular complexity index is 591. The summed E-state index contributed by atoms with van der Waals surface area (Å²) in [6.07, 6.45) is 1.68. The van der Waals surface area contributed by atoms with E-state index in [0.717, 1.165) is 5.69 Å². The van der Waals surface area contributed by atoms with Gasteiger partial charge in [-0.2, -0.15) is 18.6 Å². The zero-order valence-corrected chi connectivity index (χ0v) is 12.0. The summed E-state index contributed by atoms with van der Waals surface area (Å²) < 4.78 is 1.80. The van der Waals surface area contributed by atoms with Gasteiger partial charge in [0.15, 0.2) is 0 Å². The van der Waals surface area contributed by atoms with E-state index in [0.29, 0.717) is 12.2 Å². The molecular formula is C14H17N3OS. The largest absolute Gasteiger partial charge is 0.305 e. The number of amides is 1. The Balaban J connectivity index is 0.00000133. The molecule has 0 bridgehead atoms. The van der Waals surface area contributed by atoms with Crippen molar-refractivity contribution in [3.63, 3.8) is 0 Å². The fourth-order valence-corrected chi connectivity index (χ4v) is 2.34. The summed E-state index contributed by atoms with van der Waals surface area (Å²) in [5.41, 5.74) is 2.81. The van der Waals surface area contributed by atoms with Crippen LogP contribution in [-0.2, 0) is 0 Å². The highest BCUT2D eigenvalue weighted by Crippen LogP contribution is 2.25. The maximum Gasteiger partial charge on any atom is 0.276 e. The average molecular weight is 275 g/mol. The van der Waals surface area contributed by atoms with Crippen LogP contribution in [0.2, 0.25) is 0 Å². The zero-order valence-electron chi connectivity index (χ0n) is 11.0. The third kappa shape index (κ3) is 2.26. The summed E-state index contributed by atoms with van der Waals surface area (Å²) in [5.74, 6) is 0.0226. The van der Waals surface area contributed by atoms with Gasteiger partial charge in [-0.3, -0.25) is 9.48 Å². The quantitative estimate of drug-likeness (QED) is 0.802. The van der Waals surface area contributed by atoms with Gasteiger partial charge in [0.1, 0.15) is 5.69 Å². The monoisotopic (exact) mass is 275 g/mol. The summed E-state index contributed by atoms with van der Waals surface area (Å²) in [6.45, 7) is 4.78. The Morgan fingerprint density at radius 1 is 1.21 bits per heavy atom. The summed E-state index contributed by atoms with van der Waals surface area (Å²) in [5, 5.41) is 4.20. The number of anilines is 1. The van der Waals surface area contributed by atoms with Crippen molar-refractivity contribution in [3.8, 4) is 0 Å². The van der Waals surface area contributed by atoms with Gasteiger partial charge < -0.3 is 4.90 Å². The first-order valence-electron chi connectivity index (χ1n) is 6.09. The first-order valence-corrected chi connectivity index (χ1v) is 6.09. The molecule has 0 radical (unpaired) electrons. The highest BCUT2D eigenvalue weighted by atomic mass is 32.1. The fraction of sp³-hybridized carbons (Fsp3) is 0.286. The number of carbonyl (C=O) groups is 1. The number of hydrogen-bond donors (Lipinski definition) is 0. The van der Waals surface area contributed by atoms with E-state index in [1.54, 1.807) is 16.9 Å². The molecule has 2 heterocycles. The number of benzene rings is 1. The first-order chi connectivity index (χ1) is 8.66. The third-order valence-electron chi connectivity index (χ3n) is 3.34. The zero-order chi connectivity index (χ0) is 12.7. The molecule has 2 aromatic rings. The van der Waals surface area contributed by atoms with Crippen LogP contribution in [0.4, 0.5) is 5.69 Å². The average Bonchev–Trinajstić information content (AvgIpc) is 2.85. The number of rotatable bonds is 1. The number of carbonyl (C=O) groups excluding carboxylic acids is 1. The number of nitrogens with zero attached hydrogens (tertiary/aromatic N) is 3. The van der Waals surface area contributed by atoms with Gasteiger partial charge in [0.2, 0.25) is 0 Å². The molecule has 0 N–H and O–H groups in total. The highest BCUT2D eigenvalue weighted by Gasteiger charge is 2.30. The van der Waals surface area contributed by atoms with E-state index in [9.17, 15) is 4.79 Å². The van der Waals surface area contributed by atoms with Gasteiger partial charge in [0.05, 0.1) is 6.04 Å². The molecule has 0 spiro atoms. The molecule has 19 heavy (non-hydrogen) atoms. The summed E-state index contributed by atoms with van der Waals surface area (Å²) >= 11 is 0. The number of aromatic nitrogens is 2. The first kappa shape index (κ1) is 13.7. The smallest absolute Gasteiger partial charge is 0.276 e. The van der Waals surface area contributed by atoms with Gasteiger partial charge in [0, 0.05) is 18.4 Å². The van der Waals surface area contributed by atoms with Crippen molar-refractivity contribution in [1.82, 2.24) is 9.78 Å². The van der Waals surface area contributed by atoms with E-state index in [1.807, 2.05) is 36.1 Å². The number of aryl methyl sites for hydroxylation is 1. The summed E-state index contributed by atoms with van der Waals surface area (Å²) in [4.78, 5) is 14.2. The lowest BCUT2D eigenvalue weighted by atomic mass is 10.1. The molecule has 0 saturated carbocycles. The molecule has 5 heteroatoms. The van der Waals surface area contributed by atoms with Gasteiger partial charge in [-0.05, 0) is 32.0 Å². The third-order valence-corrected chi connectivity index (χ3v) is 3.34. The van der Waals surface area contributed by atoms with Crippen molar-refractivity contribution in [3.05, 3.63) is 47.8 Å². The Hall–Kier alpha value is -1.75. The van der Waals surface area contributed by atoms with Crippen molar-refractivity contribution in [1.29, 1.82) is 0 Å². The molecule has 1 aromatic heterocycles. The van der Waals surface area contributed by atoms with Crippen LogP contribution in [0.3, 0.4) is 0 Å². The maximum absolute atomic E-state index is 12.4. The number of fused-ring (bicyclic) bond motifs is 1. The topological polar surface area (TPSA) is 38.1 Å². The van der Waals surface area contributed by atoms with Gasteiger partial charge in [-0.25, -0.2) is 0 Å². The molecule has 3 rings (SSSR count). The van der Waals surface area contributed by atoms with E-state index < -0.39 is 0 Å². The molecule has 0 unspecified atom stereocenters. The Morgan fingerprint density at radius 3 is 2.58 bits per heavy atom. The molecule has 4 nitrogen and oxygen atoms in total. The molecule has 1 aliphatic heterocycles. The van der Waals surface area contributed by atoms with Gasteiger partial charge in [0.25, 0.3) is 5.91 Å². The second-order valence-electron chi connectivity index (χ2n) is 4.76. The molecule has 0 aliphatic carbocycles. The van der Waals surface area contributed by atoms with Crippen LogP contribution < -0.4 is 4.90 Å². The van der Waals surface area contributed by atoms with Crippen LogP contribution in [0, 0.1) is 6.92 Å². The summed E-state index contributed by atoms with van der Waals surface area (Å²) in [7, 11) is 0. The lowest BCUT2D eigenvalue weighted by molar-refractivity contribution is 0.0953. The van der Waals surface area contributed by atoms with Gasteiger partial charge in [-0.1, -0.05) is 17.7 Å². The van der Waals surface area contributed by atoms with Crippen molar-refractivity contribution < 1.29 is 4.79 Å². The Labute approximate surface area is 119 Å². The fourth-order valence-electron chi connectivity index (χ4n) is 2.34. The molecule has 0 saturated heterocycles. The lowest BCUT2D eigenvalue weighted by Crippen LogP contribution is -2.42. The predicted molar refractivity (Wildman–Crippen MR) is 80.2 cm³/mol. The minimum atomic E-state index is 0. The lowest BCUT2D eigenvalue weighted by Gasteiger charge is -2.31. The molecule has 1 atom stereocenters. The van der Waals surface area contributed by atoms with Crippen LogP contribution in [0.25, 0.3) is 0 Å². The highest BCUT2D eigenvalue weighted by molar-refractivity contribution is 7.59. The Kier molecular flexibility index (Phi) is 3.66. The van der Waals surface area contributed by atoms with Crippen LogP contribution >= 0.6 is 13.5 Å². The van der Waals surface area contributed by atoms with Crippen LogP contribution in [0.1, 0.15) is 29.0 Å². The van der Waals surface area contributed by atoms with E-state index in [1.165, 1.54) is 5.56 Å². The Morgan fingerprint density at radius 2 is 1.89 bits per heavy atom. The van der Waals surface area contributed by atoms with Crippen LogP contribution in [0.5, 0.6) is 0 Å². The summed E-state index contributed by atoms with van der Waals surface area (Å²) in [6, 6.07) is 10.0. The van der Waals surface area contributed by atoms with Crippen LogP contribution in [0.15, 0.2) is 36.5 Å². The molecule has 100 valence electrons. The van der Waals surface area contributed by atoms with E-state index in [2.05, 4.69) is 12.0 Å². The van der Waals surface area contributed by atoms with E-state index in [4.69, 9.17) is 0 Å². The van der Waals surface area contributed by atoms with E-state index in [-0.39, 0.29) is 25.4 Å². The molecule has 1 aliphatic rings. The normalized spacial score (nSPS) is 17.9. The minimum absolute atomic E-state index is 0. The van der Waals surface area contributed by atoms with Crippen molar-refractivity contribution in [2.45, 2.75) is 19.9 Å². The SMILES string of the molecule is Cc1ccc(N2C[C@H](C)n3nccc3C2=O)cc1.S. The predicted octanol–water partition coefficient (Wildman–Crippen LogP) is 2.53. The molecule has 0 fully saturated rings. The number of hydrogen-bond acceptors (Lipinski definition) is 2. The molecule has 1 amide bonds. The molecule has 1 aromatic carbocycles. The van der Waals surface area contributed by atoms with Gasteiger partial charge >= 0.3 is 0 Å². The standard InChI is InChI=1S/C14H15N3O.H2S/c1-10-3-5-12(6-4-10)16-9-11(2)17-13(14(16)18)7-8-15-17;/h3-8,11H,9H2,1-2H3;1H2/t11-;/m0./s1. The van der Waals surface area contributed by atoms with E-state index >= 15 is 0 Å². The van der Waals surface area contributed by atoms with Crippen molar-refractivity contribution >= 4 is 25.1 Å². The van der Waals surface area contributed by atoms with Crippen LogP contribution in [-0.4, -0.2) is 22.2 Å². The maximum atomic E-state index is 12.4. The van der Waals surface area contributed by atoms with Crippen molar-refractivity contribution in [2.75, 3.05) is 11.4 Å². The second kappa shape index (κ2) is 5.09. The van der Waals surface area contributed by atoms with Crippen molar-refractivity contribution in [2.24, 2.45) is 0 Å². The molecular weight excluding hydrogens is 258 g/mol. The second-order valence-corrected chi connectivity index (χ2v) is 4.76.